The third kappa shape index (κ3) is 14.4. The van der Waals surface area contributed by atoms with Crippen LogP contribution in [0.2, 0.25) is 0 Å². The second-order valence-electron chi connectivity index (χ2n) is 7.21. The fraction of sp³-hybridized carbons (Fsp3) is 0.476. The molecule has 0 heterocycles. The van der Waals surface area contributed by atoms with Gasteiger partial charge in [-0.2, -0.15) is 13.2 Å². The fourth-order valence-corrected chi connectivity index (χ4v) is 2.25. The lowest BCUT2D eigenvalue weighted by molar-refractivity contribution is -0.137. The number of aliphatic carboxylic acids is 2. The monoisotopic (exact) mass is 477 g/mol. The highest BCUT2D eigenvalue weighted by molar-refractivity contribution is 5.89. The van der Waals surface area contributed by atoms with Crippen LogP contribution >= 0.6 is 0 Å². The third-order valence-corrected chi connectivity index (χ3v) is 3.85. The van der Waals surface area contributed by atoms with Crippen LogP contribution < -0.4 is 10.1 Å². The summed E-state index contributed by atoms with van der Waals surface area (Å²) in [6, 6.07) is 4.44. The molecular weight excluding hydrogens is 447 g/mol. The Morgan fingerprint density at radius 1 is 1.09 bits per heavy atom. The van der Waals surface area contributed by atoms with E-state index in [0.717, 1.165) is 18.7 Å². The summed E-state index contributed by atoms with van der Waals surface area (Å²) in [5.74, 6) is -2.38. The molecule has 1 aromatic carbocycles. The second kappa shape index (κ2) is 14.7. The lowest BCUT2D eigenvalue weighted by atomic mass is 10.2. The molecule has 12 heteroatoms. The molecule has 0 unspecified atom stereocenters. The molecule has 186 valence electrons. The van der Waals surface area contributed by atoms with Gasteiger partial charge < -0.3 is 30.1 Å². The molecule has 9 nitrogen and oxygen atoms in total. The van der Waals surface area contributed by atoms with Gasteiger partial charge >= 0.3 is 24.1 Å². The number of nitrogens with one attached hydrogen (secondary N) is 1. The minimum absolute atomic E-state index is 0.0514. The van der Waals surface area contributed by atoms with Crippen LogP contribution in [0.4, 0.5) is 18.0 Å². The Bertz CT molecular complexity index is 782. The summed E-state index contributed by atoms with van der Waals surface area (Å²) in [6.07, 6.45) is -3.29. The van der Waals surface area contributed by atoms with Gasteiger partial charge in [-0.3, -0.25) is 0 Å². The van der Waals surface area contributed by atoms with Crippen molar-refractivity contribution in [1.82, 2.24) is 15.1 Å². The molecule has 33 heavy (non-hydrogen) atoms. The Labute approximate surface area is 190 Å². The Kier molecular flexibility index (Phi) is 13.3. The standard InChI is InChI=1S/C17H26F3N3O2.C4H4O4/c1-13(2)23(16(24)21-8-9-22(3)4)10-11-25-15-7-5-6-14(12-15)17(18,19)20;5-3(6)1-2-4(7)8/h5-7,12-13H,8-11H2,1-4H3,(H,21,24);1-2H,(H,5,6)(H,7,8)/b;2-1+. The average Bonchev–Trinajstić information content (AvgIpc) is 2.69. The second-order valence-corrected chi connectivity index (χ2v) is 7.21. The molecule has 0 spiro atoms. The smallest absolute Gasteiger partial charge is 0.416 e. The number of halogens is 3. The average molecular weight is 477 g/mol. The molecule has 1 rings (SSSR count). The summed E-state index contributed by atoms with van der Waals surface area (Å²) in [7, 11) is 3.82. The fourth-order valence-electron chi connectivity index (χ4n) is 2.25. The van der Waals surface area contributed by atoms with Crippen LogP contribution in [0.25, 0.3) is 0 Å². The van der Waals surface area contributed by atoms with Gasteiger partial charge in [-0.25, -0.2) is 14.4 Å². The lowest BCUT2D eigenvalue weighted by Gasteiger charge is -2.27. The SMILES string of the molecule is CC(C)N(CCOc1cccc(C(F)(F)F)c1)C(=O)NCCN(C)C.O=C(O)/C=C/C(=O)O. The molecule has 1 aromatic rings. The van der Waals surface area contributed by atoms with Crippen molar-refractivity contribution in [2.24, 2.45) is 0 Å². The van der Waals surface area contributed by atoms with Crippen LogP contribution in [-0.4, -0.2) is 84.4 Å². The number of rotatable bonds is 10. The lowest BCUT2D eigenvalue weighted by Crippen LogP contribution is -2.47. The first-order valence-corrected chi connectivity index (χ1v) is 9.87. The van der Waals surface area contributed by atoms with Gasteiger partial charge in [0.15, 0.2) is 0 Å². The van der Waals surface area contributed by atoms with Crippen molar-refractivity contribution in [3.8, 4) is 5.75 Å². The highest BCUT2D eigenvalue weighted by atomic mass is 19.4. The predicted molar refractivity (Wildman–Crippen MR) is 115 cm³/mol. The van der Waals surface area contributed by atoms with E-state index in [1.54, 1.807) is 4.90 Å². The molecule has 3 N–H and O–H groups in total. The van der Waals surface area contributed by atoms with E-state index >= 15 is 0 Å². The number of benzene rings is 1. The summed E-state index contributed by atoms with van der Waals surface area (Å²) >= 11 is 0. The molecule has 0 saturated heterocycles. The first-order chi connectivity index (χ1) is 15.2. The van der Waals surface area contributed by atoms with Gasteiger partial charge in [0, 0.05) is 31.3 Å². The van der Waals surface area contributed by atoms with Gasteiger partial charge in [0.05, 0.1) is 12.1 Å². The van der Waals surface area contributed by atoms with Gasteiger partial charge in [0.25, 0.3) is 0 Å². The molecule has 0 radical (unpaired) electrons. The van der Waals surface area contributed by atoms with E-state index in [1.807, 2.05) is 32.8 Å². The quantitative estimate of drug-likeness (QED) is 0.444. The first kappa shape index (κ1) is 29.7. The molecule has 0 aromatic heterocycles. The number of carbonyl (C=O) groups is 3. The number of carboxylic acid groups (broad SMARTS) is 2. The number of alkyl halides is 3. The van der Waals surface area contributed by atoms with Crippen molar-refractivity contribution in [2.75, 3.05) is 40.3 Å². The molecule has 0 fully saturated rings. The zero-order chi connectivity index (χ0) is 25.6. The first-order valence-electron chi connectivity index (χ1n) is 9.87. The van der Waals surface area contributed by atoms with Crippen molar-refractivity contribution < 1.29 is 42.5 Å². The number of hydrogen-bond donors (Lipinski definition) is 3. The number of nitrogens with zero attached hydrogens (tertiary/aromatic N) is 2. The maximum absolute atomic E-state index is 12.7. The number of urea groups is 1. The zero-order valence-electron chi connectivity index (χ0n) is 18.9. The van der Waals surface area contributed by atoms with Crippen LogP contribution in [0.15, 0.2) is 36.4 Å². The van der Waals surface area contributed by atoms with Crippen molar-refractivity contribution >= 4 is 18.0 Å². The van der Waals surface area contributed by atoms with E-state index in [1.165, 1.54) is 12.1 Å². The Morgan fingerprint density at radius 3 is 2.12 bits per heavy atom. The number of hydrogen-bond acceptors (Lipinski definition) is 5. The Morgan fingerprint density at radius 2 is 1.67 bits per heavy atom. The van der Waals surface area contributed by atoms with Gasteiger partial charge in [-0.05, 0) is 46.1 Å². The van der Waals surface area contributed by atoms with E-state index in [2.05, 4.69) is 5.32 Å². The minimum atomic E-state index is -4.41. The highest BCUT2D eigenvalue weighted by Crippen LogP contribution is 2.31. The third-order valence-electron chi connectivity index (χ3n) is 3.85. The van der Waals surface area contributed by atoms with Gasteiger partial charge in [-0.1, -0.05) is 6.07 Å². The van der Waals surface area contributed by atoms with Gasteiger partial charge in [0.2, 0.25) is 0 Å². The highest BCUT2D eigenvalue weighted by Gasteiger charge is 2.30. The van der Waals surface area contributed by atoms with Crippen molar-refractivity contribution in [2.45, 2.75) is 26.1 Å². The van der Waals surface area contributed by atoms with E-state index in [0.29, 0.717) is 18.7 Å². The number of carboxylic acids is 2. The molecule has 0 saturated carbocycles. The number of carbonyl (C=O) groups excluding carboxylic acids is 1. The molecule has 0 bridgehead atoms. The number of amides is 2. The predicted octanol–water partition coefficient (Wildman–Crippen LogP) is 2.78. The Balaban J connectivity index is 0.00000109. The number of ether oxygens (including phenoxy) is 1. The largest absolute Gasteiger partial charge is 0.492 e. The molecule has 0 atom stereocenters. The Hall–Kier alpha value is -3.28. The van der Waals surface area contributed by atoms with E-state index in [-0.39, 0.29) is 31.0 Å². The maximum atomic E-state index is 12.7. The summed E-state index contributed by atoms with van der Waals surface area (Å²) in [5, 5.41) is 18.4. The van der Waals surface area contributed by atoms with Gasteiger partial charge in [0.1, 0.15) is 12.4 Å². The minimum Gasteiger partial charge on any atom is -0.492 e. The maximum Gasteiger partial charge on any atom is 0.416 e. The van der Waals surface area contributed by atoms with Crippen LogP contribution in [0, 0.1) is 0 Å². The summed E-state index contributed by atoms with van der Waals surface area (Å²) in [6.45, 7) is 5.37. The topological polar surface area (TPSA) is 119 Å². The molecule has 0 aliphatic heterocycles. The summed E-state index contributed by atoms with van der Waals surface area (Å²) in [5.41, 5.74) is -0.757. The van der Waals surface area contributed by atoms with Crippen molar-refractivity contribution in [1.29, 1.82) is 0 Å². The van der Waals surface area contributed by atoms with E-state index in [4.69, 9.17) is 14.9 Å². The molecule has 2 amide bonds. The van der Waals surface area contributed by atoms with Crippen LogP contribution in [-0.2, 0) is 15.8 Å². The van der Waals surface area contributed by atoms with Crippen molar-refractivity contribution in [3.63, 3.8) is 0 Å². The number of likely N-dealkylation sites (N-methyl/N-ethyl adjacent to an activating group) is 1. The van der Waals surface area contributed by atoms with Crippen LogP contribution in [0.1, 0.15) is 19.4 Å². The summed E-state index contributed by atoms with van der Waals surface area (Å²) < 4.78 is 43.4. The van der Waals surface area contributed by atoms with Crippen LogP contribution in [0.3, 0.4) is 0 Å². The zero-order valence-corrected chi connectivity index (χ0v) is 18.9. The molecule has 0 aliphatic carbocycles. The summed E-state index contributed by atoms with van der Waals surface area (Å²) in [4.78, 5) is 34.8. The van der Waals surface area contributed by atoms with E-state index in [9.17, 15) is 27.6 Å². The molecule has 0 aliphatic rings. The van der Waals surface area contributed by atoms with E-state index < -0.39 is 23.7 Å². The molecular formula is C21H30F3N3O6. The van der Waals surface area contributed by atoms with Crippen LogP contribution in [0.5, 0.6) is 5.75 Å². The normalized spacial score (nSPS) is 11.2. The van der Waals surface area contributed by atoms with Gasteiger partial charge in [-0.15, -0.1) is 0 Å². The van der Waals surface area contributed by atoms with Crippen molar-refractivity contribution in [3.05, 3.63) is 42.0 Å².